The van der Waals surface area contributed by atoms with Gasteiger partial charge < -0.3 is 9.84 Å². The number of carbonyl (C=O) groups is 2. The third kappa shape index (κ3) is 4.31. The molecule has 0 radical (unpaired) electrons. The van der Waals surface area contributed by atoms with Gasteiger partial charge in [-0.25, -0.2) is 13.1 Å². The Balaban J connectivity index is 2.54. The van der Waals surface area contributed by atoms with Gasteiger partial charge in [0.05, 0.1) is 12.4 Å². The first-order valence-electron chi connectivity index (χ1n) is 5.17. The smallest absolute Gasteiger partial charge is 0.321 e. The van der Waals surface area contributed by atoms with Gasteiger partial charge in [0.25, 0.3) is 0 Å². The highest BCUT2D eigenvalue weighted by Crippen LogP contribution is 2.27. The van der Waals surface area contributed by atoms with Crippen molar-refractivity contribution >= 4 is 22.0 Å². The number of aliphatic carboxylic acids is 1. The number of hydrogen-bond acceptors (Lipinski definition) is 5. The summed E-state index contributed by atoms with van der Waals surface area (Å²) in [5.74, 6) is -1.86. The maximum atomic E-state index is 11.5. The molecule has 0 spiro atoms. The minimum atomic E-state index is -3.57. The van der Waals surface area contributed by atoms with Crippen LogP contribution in [0.15, 0.2) is 0 Å². The molecular formula is C9H15NO6S. The molecule has 0 aliphatic heterocycles. The van der Waals surface area contributed by atoms with Gasteiger partial charge in [0.2, 0.25) is 10.0 Å². The molecule has 1 atom stereocenters. The molecule has 1 saturated carbocycles. The van der Waals surface area contributed by atoms with E-state index in [4.69, 9.17) is 5.11 Å². The van der Waals surface area contributed by atoms with Crippen molar-refractivity contribution in [2.45, 2.75) is 37.0 Å². The Morgan fingerprint density at radius 2 is 2.06 bits per heavy atom. The Hall–Kier alpha value is -1.15. The van der Waals surface area contributed by atoms with Crippen molar-refractivity contribution in [3.8, 4) is 0 Å². The summed E-state index contributed by atoms with van der Waals surface area (Å²) in [7, 11) is -2.38. The van der Waals surface area contributed by atoms with Crippen molar-refractivity contribution in [3.05, 3.63) is 0 Å². The molecule has 1 rings (SSSR count). The lowest BCUT2D eigenvalue weighted by atomic mass is 10.2. The fourth-order valence-corrected chi connectivity index (χ4v) is 2.83. The number of ether oxygens (including phenoxy) is 1. The van der Waals surface area contributed by atoms with Crippen LogP contribution < -0.4 is 4.72 Å². The highest BCUT2D eigenvalue weighted by atomic mass is 32.2. The normalized spacial score (nSPS) is 17.5. The lowest BCUT2D eigenvalue weighted by molar-refractivity contribution is -0.142. The SMILES string of the molecule is COC(=O)CCC(NS(=O)(=O)C1CC1)C(=O)O. The zero-order valence-electron chi connectivity index (χ0n) is 9.38. The van der Waals surface area contributed by atoms with Gasteiger partial charge in [-0.3, -0.25) is 9.59 Å². The molecule has 0 aromatic carbocycles. The van der Waals surface area contributed by atoms with Gasteiger partial charge >= 0.3 is 11.9 Å². The van der Waals surface area contributed by atoms with Crippen LogP contribution in [0.25, 0.3) is 0 Å². The zero-order valence-corrected chi connectivity index (χ0v) is 10.2. The first-order chi connectivity index (χ1) is 7.86. The highest BCUT2D eigenvalue weighted by Gasteiger charge is 2.38. The Bertz CT molecular complexity index is 400. The van der Waals surface area contributed by atoms with E-state index in [1.807, 2.05) is 0 Å². The summed E-state index contributed by atoms with van der Waals surface area (Å²) in [5.41, 5.74) is 0. The molecule has 0 saturated heterocycles. The molecule has 0 bridgehead atoms. The molecule has 0 aromatic rings. The number of esters is 1. The molecule has 17 heavy (non-hydrogen) atoms. The molecular weight excluding hydrogens is 250 g/mol. The van der Waals surface area contributed by atoms with E-state index in [-0.39, 0.29) is 12.8 Å². The summed E-state index contributed by atoms with van der Waals surface area (Å²) < 4.78 is 29.5. The molecule has 2 N–H and O–H groups in total. The number of hydrogen-bond donors (Lipinski definition) is 2. The largest absolute Gasteiger partial charge is 0.480 e. The van der Waals surface area contributed by atoms with Crippen molar-refractivity contribution < 1.29 is 27.9 Å². The number of methoxy groups -OCH3 is 1. The lowest BCUT2D eigenvalue weighted by Gasteiger charge is -2.13. The second-order valence-corrected chi connectivity index (χ2v) is 5.86. The summed E-state index contributed by atoms with van der Waals surface area (Å²) in [6.07, 6.45) is 0.853. The second kappa shape index (κ2) is 5.46. The molecule has 0 aromatic heterocycles. The molecule has 1 aliphatic carbocycles. The average Bonchev–Trinajstić information content (AvgIpc) is 3.06. The fourth-order valence-electron chi connectivity index (χ4n) is 1.27. The van der Waals surface area contributed by atoms with Gasteiger partial charge in [-0.1, -0.05) is 0 Å². The molecule has 98 valence electrons. The molecule has 1 aliphatic rings. The molecule has 1 unspecified atom stereocenters. The topological polar surface area (TPSA) is 110 Å². The standard InChI is InChI=1S/C9H15NO6S/c1-16-8(11)5-4-7(9(12)13)10-17(14,15)6-2-3-6/h6-7,10H,2-5H2,1H3,(H,12,13). The Kier molecular flexibility index (Phi) is 4.47. The van der Waals surface area contributed by atoms with E-state index in [1.165, 1.54) is 7.11 Å². The van der Waals surface area contributed by atoms with Crippen molar-refractivity contribution in [1.82, 2.24) is 4.72 Å². The predicted octanol–water partition coefficient (Wildman–Crippen LogP) is -0.525. The lowest BCUT2D eigenvalue weighted by Crippen LogP contribution is -2.42. The van der Waals surface area contributed by atoms with Gasteiger partial charge in [-0.15, -0.1) is 0 Å². The van der Waals surface area contributed by atoms with E-state index in [2.05, 4.69) is 9.46 Å². The molecule has 8 heteroatoms. The Labute approximate surface area is 99.2 Å². The highest BCUT2D eigenvalue weighted by molar-refractivity contribution is 7.90. The maximum Gasteiger partial charge on any atom is 0.321 e. The third-order valence-electron chi connectivity index (χ3n) is 2.43. The van der Waals surface area contributed by atoms with Gasteiger partial charge in [0.15, 0.2) is 0 Å². The number of nitrogens with one attached hydrogen (secondary N) is 1. The van der Waals surface area contributed by atoms with Crippen LogP contribution in [0.1, 0.15) is 25.7 Å². The van der Waals surface area contributed by atoms with Crippen molar-refractivity contribution in [1.29, 1.82) is 0 Å². The number of carboxylic acids is 1. The fraction of sp³-hybridized carbons (Fsp3) is 0.778. The van der Waals surface area contributed by atoms with E-state index in [0.29, 0.717) is 12.8 Å². The molecule has 0 heterocycles. The Morgan fingerprint density at radius 1 is 1.47 bits per heavy atom. The zero-order chi connectivity index (χ0) is 13.1. The summed E-state index contributed by atoms with van der Waals surface area (Å²) in [6, 6.07) is -1.28. The maximum absolute atomic E-state index is 11.5. The first kappa shape index (κ1) is 13.9. The minimum Gasteiger partial charge on any atom is -0.480 e. The number of rotatable bonds is 7. The van der Waals surface area contributed by atoms with Crippen LogP contribution in [0.4, 0.5) is 0 Å². The first-order valence-corrected chi connectivity index (χ1v) is 6.72. The van der Waals surface area contributed by atoms with Crippen LogP contribution in [-0.4, -0.2) is 43.9 Å². The van der Waals surface area contributed by atoms with Crippen molar-refractivity contribution in [2.75, 3.05) is 7.11 Å². The van der Waals surface area contributed by atoms with E-state index >= 15 is 0 Å². The predicted molar refractivity (Wildman–Crippen MR) is 57.8 cm³/mol. The van der Waals surface area contributed by atoms with Gasteiger partial charge in [0.1, 0.15) is 6.04 Å². The quantitative estimate of drug-likeness (QED) is 0.599. The van der Waals surface area contributed by atoms with E-state index in [1.54, 1.807) is 0 Å². The number of sulfonamides is 1. The van der Waals surface area contributed by atoms with Crippen LogP contribution in [0.2, 0.25) is 0 Å². The van der Waals surface area contributed by atoms with E-state index < -0.39 is 33.3 Å². The second-order valence-electron chi connectivity index (χ2n) is 3.87. The summed E-state index contributed by atoms with van der Waals surface area (Å²) >= 11 is 0. The third-order valence-corrected chi connectivity index (χ3v) is 4.39. The van der Waals surface area contributed by atoms with Crippen LogP contribution in [0.5, 0.6) is 0 Å². The van der Waals surface area contributed by atoms with Crippen LogP contribution in [-0.2, 0) is 24.3 Å². The Morgan fingerprint density at radius 3 is 2.47 bits per heavy atom. The molecule has 7 nitrogen and oxygen atoms in total. The summed E-state index contributed by atoms with van der Waals surface area (Å²) in [4.78, 5) is 21.7. The van der Waals surface area contributed by atoms with E-state index in [9.17, 15) is 18.0 Å². The van der Waals surface area contributed by atoms with Crippen molar-refractivity contribution in [3.63, 3.8) is 0 Å². The van der Waals surface area contributed by atoms with Crippen molar-refractivity contribution in [2.24, 2.45) is 0 Å². The van der Waals surface area contributed by atoms with Gasteiger partial charge in [-0.05, 0) is 19.3 Å². The molecule has 1 fully saturated rings. The van der Waals surface area contributed by atoms with Gasteiger partial charge in [0, 0.05) is 6.42 Å². The summed E-state index contributed by atoms with van der Waals surface area (Å²) in [5, 5.41) is 8.36. The molecule has 0 amide bonds. The number of carboxylic acid groups (broad SMARTS) is 1. The minimum absolute atomic E-state index is 0.117. The van der Waals surface area contributed by atoms with Gasteiger partial charge in [-0.2, -0.15) is 0 Å². The van der Waals surface area contributed by atoms with E-state index in [0.717, 1.165) is 0 Å². The van der Waals surface area contributed by atoms with Crippen LogP contribution in [0.3, 0.4) is 0 Å². The monoisotopic (exact) mass is 265 g/mol. The van der Waals surface area contributed by atoms with Crippen LogP contribution in [0, 0.1) is 0 Å². The summed E-state index contributed by atoms with van der Waals surface area (Å²) in [6.45, 7) is 0. The average molecular weight is 265 g/mol. The number of carbonyl (C=O) groups excluding carboxylic acids is 1. The van der Waals surface area contributed by atoms with Crippen LogP contribution >= 0.6 is 0 Å².